The summed E-state index contributed by atoms with van der Waals surface area (Å²) in [7, 11) is -3.80. The molecule has 4 aromatic rings. The van der Waals surface area contributed by atoms with E-state index < -0.39 is 16.1 Å². The van der Waals surface area contributed by atoms with Gasteiger partial charge < -0.3 is 10.4 Å². The number of aliphatic hydroxyl groups is 1. The minimum atomic E-state index is -3.80. The van der Waals surface area contributed by atoms with Crippen LogP contribution in [0.3, 0.4) is 0 Å². The summed E-state index contributed by atoms with van der Waals surface area (Å²) in [5, 5.41) is 13.1. The third kappa shape index (κ3) is 5.61. The van der Waals surface area contributed by atoms with Crippen LogP contribution < -0.4 is 10.0 Å². The first-order chi connectivity index (χ1) is 17.0. The Morgan fingerprint density at radius 1 is 1.00 bits per heavy atom. The van der Waals surface area contributed by atoms with Crippen LogP contribution in [0.25, 0.3) is 21.2 Å². The van der Waals surface area contributed by atoms with E-state index >= 15 is 0 Å². The van der Waals surface area contributed by atoms with E-state index in [2.05, 4.69) is 30.8 Å². The number of benzene rings is 3. The highest BCUT2D eigenvalue weighted by Crippen LogP contribution is 2.40. The average molecular weight is 523 g/mol. The second kappa shape index (κ2) is 10.0. The minimum Gasteiger partial charge on any atom is -0.392 e. The first-order valence-corrected chi connectivity index (χ1v) is 14.0. The minimum absolute atomic E-state index is 0.0766. The van der Waals surface area contributed by atoms with Crippen molar-refractivity contribution >= 4 is 43.0 Å². The average Bonchev–Trinajstić information content (AvgIpc) is 3.21. The molecule has 0 saturated heterocycles. The van der Waals surface area contributed by atoms with Gasteiger partial charge in [0.2, 0.25) is 0 Å². The van der Waals surface area contributed by atoms with Crippen LogP contribution in [0.4, 0.5) is 5.69 Å². The molecule has 4 rings (SSSR count). The van der Waals surface area contributed by atoms with Gasteiger partial charge in [0.05, 0.1) is 11.0 Å². The smallest absolute Gasteiger partial charge is 0.262 e. The molecule has 188 valence electrons. The fourth-order valence-corrected chi connectivity index (χ4v) is 6.05. The van der Waals surface area contributed by atoms with Crippen molar-refractivity contribution in [2.45, 2.75) is 44.1 Å². The van der Waals surface area contributed by atoms with Gasteiger partial charge in [-0.25, -0.2) is 8.42 Å². The Balaban J connectivity index is 1.73. The van der Waals surface area contributed by atoms with Gasteiger partial charge in [0.1, 0.15) is 4.88 Å². The van der Waals surface area contributed by atoms with Crippen LogP contribution in [-0.2, 0) is 15.4 Å². The van der Waals surface area contributed by atoms with Gasteiger partial charge in [0, 0.05) is 27.9 Å². The Kier molecular flexibility index (Phi) is 7.22. The molecule has 0 fully saturated rings. The first kappa shape index (κ1) is 25.9. The molecule has 1 amide bonds. The quantitative estimate of drug-likeness (QED) is 0.287. The van der Waals surface area contributed by atoms with E-state index in [0.717, 1.165) is 26.8 Å². The Bertz CT molecular complexity index is 1480. The van der Waals surface area contributed by atoms with Crippen molar-refractivity contribution in [2.75, 3.05) is 11.3 Å². The molecule has 6 nitrogen and oxygen atoms in total. The third-order valence-electron chi connectivity index (χ3n) is 5.80. The molecule has 1 heterocycles. The standard InChI is InChI=1S/C28H30N2O4S2/c1-18(31)17-29-27(32)26-25(19-8-6-5-7-9-19)23-16-21(12-15-24(23)35-26)30-36(33,34)22-13-10-20(11-14-22)28(2,3)4/h5-16,18,30-31H,17H2,1-4H3,(H,29,32). The van der Waals surface area contributed by atoms with Crippen LogP contribution in [0.2, 0.25) is 0 Å². The Morgan fingerprint density at radius 3 is 2.28 bits per heavy atom. The lowest BCUT2D eigenvalue weighted by Gasteiger charge is -2.19. The molecule has 8 heteroatoms. The highest BCUT2D eigenvalue weighted by molar-refractivity contribution is 7.92. The molecule has 1 atom stereocenters. The summed E-state index contributed by atoms with van der Waals surface area (Å²) in [6.45, 7) is 7.98. The van der Waals surface area contributed by atoms with Gasteiger partial charge in [-0.3, -0.25) is 9.52 Å². The predicted octanol–water partition coefficient (Wildman–Crippen LogP) is 5.78. The van der Waals surface area contributed by atoms with E-state index in [9.17, 15) is 18.3 Å². The number of thiophene rings is 1. The second-order valence-corrected chi connectivity index (χ2v) is 12.6. The number of carbonyl (C=O) groups excluding carboxylic acids is 1. The number of hydrogen-bond acceptors (Lipinski definition) is 5. The lowest BCUT2D eigenvalue weighted by molar-refractivity contribution is 0.0928. The van der Waals surface area contributed by atoms with Gasteiger partial charge in [-0.05, 0) is 53.8 Å². The first-order valence-electron chi connectivity index (χ1n) is 11.7. The fraction of sp³-hybridized carbons (Fsp3) is 0.250. The number of rotatable bonds is 7. The second-order valence-electron chi connectivity index (χ2n) is 9.82. The summed E-state index contributed by atoms with van der Waals surface area (Å²) in [6, 6.07) is 21.7. The number of fused-ring (bicyclic) bond motifs is 1. The summed E-state index contributed by atoms with van der Waals surface area (Å²) in [5.41, 5.74) is 2.97. The van der Waals surface area contributed by atoms with E-state index in [1.807, 2.05) is 48.5 Å². The molecular weight excluding hydrogens is 492 g/mol. The summed E-state index contributed by atoms with van der Waals surface area (Å²) < 4.78 is 29.8. The normalized spacial score (nSPS) is 12.9. The lowest BCUT2D eigenvalue weighted by atomic mass is 9.87. The Labute approximate surface area is 216 Å². The zero-order valence-corrected chi connectivity index (χ0v) is 22.3. The van der Waals surface area contributed by atoms with Gasteiger partial charge in [0.25, 0.3) is 15.9 Å². The van der Waals surface area contributed by atoms with Crippen LogP contribution in [0.5, 0.6) is 0 Å². The van der Waals surface area contributed by atoms with Gasteiger partial charge in [0.15, 0.2) is 0 Å². The van der Waals surface area contributed by atoms with Crippen molar-refractivity contribution in [1.29, 1.82) is 0 Å². The molecule has 1 aromatic heterocycles. The molecule has 0 aliphatic carbocycles. The van der Waals surface area contributed by atoms with E-state index in [-0.39, 0.29) is 22.8 Å². The maximum Gasteiger partial charge on any atom is 0.262 e. The Hall–Kier alpha value is -3.20. The monoisotopic (exact) mass is 522 g/mol. The number of amides is 1. The molecular formula is C28H30N2O4S2. The van der Waals surface area contributed by atoms with Crippen LogP contribution in [0.1, 0.15) is 42.9 Å². The fourth-order valence-electron chi connectivity index (χ4n) is 3.88. The van der Waals surface area contributed by atoms with Crippen molar-refractivity contribution in [2.24, 2.45) is 0 Å². The van der Waals surface area contributed by atoms with E-state index in [1.165, 1.54) is 11.3 Å². The van der Waals surface area contributed by atoms with Gasteiger partial charge in [-0.1, -0.05) is 63.2 Å². The van der Waals surface area contributed by atoms with Crippen molar-refractivity contribution in [1.82, 2.24) is 5.32 Å². The molecule has 0 saturated carbocycles. The summed E-state index contributed by atoms with van der Waals surface area (Å²) in [5.74, 6) is -0.281. The molecule has 1 unspecified atom stereocenters. The largest absolute Gasteiger partial charge is 0.392 e. The van der Waals surface area contributed by atoms with Crippen molar-refractivity contribution in [3.05, 3.63) is 83.2 Å². The van der Waals surface area contributed by atoms with Crippen LogP contribution in [-0.4, -0.2) is 32.1 Å². The molecule has 0 aliphatic heterocycles. The topological polar surface area (TPSA) is 95.5 Å². The van der Waals surface area contributed by atoms with Crippen LogP contribution in [0, 0.1) is 0 Å². The number of nitrogens with one attached hydrogen (secondary N) is 2. The summed E-state index contributed by atoms with van der Waals surface area (Å²) >= 11 is 1.33. The molecule has 3 aromatic carbocycles. The third-order valence-corrected chi connectivity index (χ3v) is 8.36. The van der Waals surface area contributed by atoms with Crippen molar-refractivity contribution < 1.29 is 18.3 Å². The van der Waals surface area contributed by atoms with Crippen molar-refractivity contribution in [3.8, 4) is 11.1 Å². The number of carbonyl (C=O) groups is 1. The SMILES string of the molecule is CC(O)CNC(=O)c1sc2ccc(NS(=O)(=O)c3ccc(C(C)(C)C)cc3)cc2c1-c1ccccc1. The summed E-state index contributed by atoms with van der Waals surface area (Å²) in [4.78, 5) is 13.7. The summed E-state index contributed by atoms with van der Waals surface area (Å²) in [6.07, 6.45) is -0.665. The molecule has 0 bridgehead atoms. The lowest BCUT2D eigenvalue weighted by Crippen LogP contribution is -2.30. The van der Waals surface area contributed by atoms with E-state index in [4.69, 9.17) is 0 Å². The Morgan fingerprint density at radius 2 is 1.67 bits per heavy atom. The highest BCUT2D eigenvalue weighted by Gasteiger charge is 2.22. The zero-order chi connectivity index (χ0) is 26.1. The van der Waals surface area contributed by atoms with Gasteiger partial charge >= 0.3 is 0 Å². The van der Waals surface area contributed by atoms with Gasteiger partial charge in [-0.2, -0.15) is 0 Å². The molecule has 0 radical (unpaired) electrons. The number of hydrogen-bond donors (Lipinski definition) is 3. The van der Waals surface area contributed by atoms with Crippen LogP contribution in [0.15, 0.2) is 77.7 Å². The van der Waals surface area contributed by atoms with Crippen LogP contribution >= 0.6 is 11.3 Å². The van der Waals surface area contributed by atoms with E-state index in [0.29, 0.717) is 10.6 Å². The molecule has 0 spiro atoms. The number of anilines is 1. The maximum absolute atomic E-state index is 13.1. The molecule has 3 N–H and O–H groups in total. The number of aliphatic hydroxyl groups excluding tert-OH is 1. The van der Waals surface area contributed by atoms with Gasteiger partial charge in [-0.15, -0.1) is 11.3 Å². The number of sulfonamides is 1. The maximum atomic E-state index is 13.1. The molecule has 36 heavy (non-hydrogen) atoms. The highest BCUT2D eigenvalue weighted by atomic mass is 32.2. The van der Waals surface area contributed by atoms with Crippen molar-refractivity contribution in [3.63, 3.8) is 0 Å². The predicted molar refractivity (Wildman–Crippen MR) is 147 cm³/mol. The zero-order valence-electron chi connectivity index (χ0n) is 20.7. The van der Waals surface area contributed by atoms with E-state index in [1.54, 1.807) is 31.2 Å². The molecule has 0 aliphatic rings.